The first-order valence-electron chi connectivity index (χ1n) is 8.59. The lowest BCUT2D eigenvalue weighted by atomic mass is 10.2. The summed E-state index contributed by atoms with van der Waals surface area (Å²) in [7, 11) is 0.130. The van der Waals surface area contributed by atoms with E-state index in [9.17, 15) is 18.0 Å². The van der Waals surface area contributed by atoms with Gasteiger partial charge in [0.1, 0.15) is 10.6 Å². The molecule has 0 bridgehead atoms. The van der Waals surface area contributed by atoms with E-state index < -0.39 is 10.0 Å². The van der Waals surface area contributed by atoms with Crippen LogP contribution in [0.3, 0.4) is 0 Å². The first kappa shape index (κ1) is 20.5. The summed E-state index contributed by atoms with van der Waals surface area (Å²) in [5, 5.41) is 0. The number of ether oxygens (including phenoxy) is 3. The summed E-state index contributed by atoms with van der Waals surface area (Å²) in [6.45, 7) is 0. The number of nitrogens with zero attached hydrogens (tertiary/aromatic N) is 1. The van der Waals surface area contributed by atoms with Crippen LogP contribution >= 0.6 is 0 Å². The standard InChI is InChI=1S/C19H20N2O7S/c1-26-14-6-4-12(10-16(14)28-3)20-29(24,25)17-11-13(5-7-15(17)27-2)21-18(22)8-9-19(21)23/h4-7,10-11,20H,8-9H2,1-3H3. The average molecular weight is 420 g/mol. The molecule has 1 aliphatic heterocycles. The third-order valence-electron chi connectivity index (χ3n) is 4.38. The molecular formula is C19H20N2O7S. The van der Waals surface area contributed by atoms with Crippen molar-refractivity contribution in [3.05, 3.63) is 36.4 Å². The van der Waals surface area contributed by atoms with Gasteiger partial charge >= 0.3 is 0 Å². The minimum Gasteiger partial charge on any atom is -0.495 e. The molecule has 2 aromatic carbocycles. The van der Waals surface area contributed by atoms with E-state index in [0.29, 0.717) is 11.5 Å². The lowest BCUT2D eigenvalue weighted by Gasteiger charge is -2.18. The average Bonchev–Trinajstić information content (AvgIpc) is 3.05. The lowest BCUT2D eigenvalue weighted by Crippen LogP contribution is -2.28. The maximum absolute atomic E-state index is 13.0. The number of hydrogen-bond donors (Lipinski definition) is 1. The monoisotopic (exact) mass is 420 g/mol. The summed E-state index contributed by atoms with van der Waals surface area (Å²) in [5.41, 5.74) is 0.411. The summed E-state index contributed by atoms with van der Waals surface area (Å²) in [5.74, 6) is 0.108. The van der Waals surface area contributed by atoms with E-state index in [2.05, 4.69) is 4.72 Å². The number of carbonyl (C=O) groups is 2. The van der Waals surface area contributed by atoms with Gasteiger partial charge in [-0.1, -0.05) is 0 Å². The van der Waals surface area contributed by atoms with E-state index >= 15 is 0 Å². The highest BCUT2D eigenvalue weighted by Gasteiger charge is 2.32. The normalized spacial score (nSPS) is 14.1. The van der Waals surface area contributed by atoms with Gasteiger partial charge in [-0.3, -0.25) is 19.2 Å². The zero-order valence-corrected chi connectivity index (χ0v) is 16.9. The number of sulfonamides is 1. The molecule has 0 aromatic heterocycles. The van der Waals surface area contributed by atoms with Crippen LogP contribution in [0.25, 0.3) is 0 Å². The van der Waals surface area contributed by atoms with Gasteiger partial charge in [-0.2, -0.15) is 0 Å². The van der Waals surface area contributed by atoms with Crippen molar-refractivity contribution in [2.45, 2.75) is 17.7 Å². The molecule has 0 spiro atoms. The van der Waals surface area contributed by atoms with Crippen LogP contribution < -0.4 is 23.8 Å². The van der Waals surface area contributed by atoms with Crippen molar-refractivity contribution in [3.63, 3.8) is 0 Å². The molecule has 1 N–H and O–H groups in total. The molecule has 1 aliphatic rings. The van der Waals surface area contributed by atoms with Gasteiger partial charge in [0.15, 0.2) is 11.5 Å². The van der Waals surface area contributed by atoms with E-state index in [1.54, 1.807) is 6.07 Å². The Morgan fingerprint density at radius 2 is 1.41 bits per heavy atom. The van der Waals surface area contributed by atoms with Crippen LogP contribution in [-0.4, -0.2) is 41.6 Å². The molecule has 1 fully saturated rings. The zero-order chi connectivity index (χ0) is 21.2. The van der Waals surface area contributed by atoms with Crippen LogP contribution in [-0.2, 0) is 19.6 Å². The third-order valence-corrected chi connectivity index (χ3v) is 5.78. The second-order valence-corrected chi connectivity index (χ2v) is 7.78. The van der Waals surface area contributed by atoms with Crippen molar-refractivity contribution in [2.24, 2.45) is 0 Å². The Labute approximate surface area is 168 Å². The van der Waals surface area contributed by atoms with Crippen molar-refractivity contribution >= 4 is 33.2 Å². The fourth-order valence-electron chi connectivity index (χ4n) is 2.99. The quantitative estimate of drug-likeness (QED) is 0.683. The highest BCUT2D eigenvalue weighted by molar-refractivity contribution is 7.92. The third kappa shape index (κ3) is 3.97. The van der Waals surface area contributed by atoms with Gasteiger partial charge in [0.05, 0.1) is 32.7 Å². The molecular weight excluding hydrogens is 400 g/mol. The lowest BCUT2D eigenvalue weighted by molar-refractivity contribution is -0.121. The molecule has 0 radical (unpaired) electrons. The van der Waals surface area contributed by atoms with Crippen molar-refractivity contribution in [3.8, 4) is 17.2 Å². The van der Waals surface area contributed by atoms with Gasteiger partial charge in [-0.25, -0.2) is 8.42 Å². The van der Waals surface area contributed by atoms with Crippen molar-refractivity contribution in [1.82, 2.24) is 0 Å². The Hall–Kier alpha value is -3.27. The van der Waals surface area contributed by atoms with Crippen LogP contribution in [0.15, 0.2) is 41.3 Å². The number of anilines is 2. The minimum absolute atomic E-state index is 0.0702. The van der Waals surface area contributed by atoms with E-state index in [1.165, 1.54) is 51.7 Å². The number of rotatable bonds is 7. The zero-order valence-electron chi connectivity index (χ0n) is 16.1. The van der Waals surface area contributed by atoms with E-state index in [1.807, 2.05) is 0 Å². The molecule has 1 saturated heterocycles. The molecule has 3 rings (SSSR count). The van der Waals surface area contributed by atoms with Gasteiger partial charge in [-0.15, -0.1) is 0 Å². The summed E-state index contributed by atoms with van der Waals surface area (Å²) in [6, 6.07) is 8.66. The molecule has 0 saturated carbocycles. The van der Waals surface area contributed by atoms with Crippen molar-refractivity contribution < 1.29 is 32.2 Å². The van der Waals surface area contributed by atoms with Crippen molar-refractivity contribution in [2.75, 3.05) is 31.0 Å². The predicted octanol–water partition coefficient (Wildman–Crippen LogP) is 2.17. The summed E-state index contributed by atoms with van der Waals surface area (Å²) >= 11 is 0. The molecule has 2 amide bonds. The fraction of sp³-hybridized carbons (Fsp3) is 0.263. The second kappa shape index (κ2) is 8.00. The van der Waals surface area contributed by atoms with E-state index in [-0.39, 0.29) is 46.7 Å². The van der Waals surface area contributed by atoms with Gasteiger partial charge in [0.2, 0.25) is 11.8 Å². The maximum Gasteiger partial charge on any atom is 0.265 e. The van der Waals surface area contributed by atoms with Gasteiger partial charge < -0.3 is 14.2 Å². The molecule has 2 aromatic rings. The van der Waals surface area contributed by atoms with E-state index in [0.717, 1.165) is 4.90 Å². The Morgan fingerprint density at radius 1 is 0.828 bits per heavy atom. The Kier molecular flexibility index (Phi) is 5.64. The number of hydrogen-bond acceptors (Lipinski definition) is 7. The fourth-order valence-corrected chi connectivity index (χ4v) is 4.23. The second-order valence-electron chi connectivity index (χ2n) is 6.13. The smallest absolute Gasteiger partial charge is 0.265 e. The van der Waals surface area contributed by atoms with Gasteiger partial charge in [-0.05, 0) is 30.3 Å². The number of amides is 2. The molecule has 10 heteroatoms. The van der Waals surface area contributed by atoms with Gasteiger partial charge in [0, 0.05) is 18.9 Å². The highest BCUT2D eigenvalue weighted by atomic mass is 32.2. The number of imide groups is 1. The summed E-state index contributed by atoms with van der Waals surface area (Å²) < 4.78 is 44.0. The van der Waals surface area contributed by atoms with Crippen LogP contribution in [0, 0.1) is 0 Å². The Balaban J connectivity index is 2.00. The molecule has 9 nitrogen and oxygen atoms in total. The van der Waals surface area contributed by atoms with Gasteiger partial charge in [0.25, 0.3) is 10.0 Å². The number of carbonyl (C=O) groups excluding carboxylic acids is 2. The Morgan fingerprint density at radius 3 is 2.00 bits per heavy atom. The summed E-state index contributed by atoms with van der Waals surface area (Å²) in [4.78, 5) is 24.8. The number of benzene rings is 2. The maximum atomic E-state index is 13.0. The molecule has 0 unspecified atom stereocenters. The first-order valence-corrected chi connectivity index (χ1v) is 10.1. The van der Waals surface area contributed by atoms with Crippen molar-refractivity contribution in [1.29, 1.82) is 0 Å². The molecule has 29 heavy (non-hydrogen) atoms. The topological polar surface area (TPSA) is 111 Å². The van der Waals surface area contributed by atoms with E-state index in [4.69, 9.17) is 14.2 Å². The van der Waals surface area contributed by atoms with Crippen LogP contribution in [0.5, 0.6) is 17.2 Å². The number of nitrogens with one attached hydrogen (secondary N) is 1. The minimum atomic E-state index is -4.11. The molecule has 154 valence electrons. The van der Waals surface area contributed by atoms with Crippen LogP contribution in [0.4, 0.5) is 11.4 Å². The summed E-state index contributed by atoms with van der Waals surface area (Å²) in [6.07, 6.45) is 0.188. The molecule has 1 heterocycles. The highest BCUT2D eigenvalue weighted by Crippen LogP contribution is 2.34. The SMILES string of the molecule is COc1ccc(NS(=O)(=O)c2cc(N3C(=O)CCC3=O)ccc2OC)cc1OC. The number of methoxy groups -OCH3 is 3. The molecule has 0 aliphatic carbocycles. The first-order chi connectivity index (χ1) is 13.8. The largest absolute Gasteiger partial charge is 0.495 e. The Bertz CT molecular complexity index is 1050. The van der Waals surface area contributed by atoms with Crippen LogP contribution in [0.2, 0.25) is 0 Å². The predicted molar refractivity (Wildman–Crippen MR) is 105 cm³/mol. The molecule has 0 atom stereocenters. The van der Waals surface area contributed by atoms with Crippen LogP contribution in [0.1, 0.15) is 12.8 Å².